The number of pyridine rings is 1. The van der Waals surface area contributed by atoms with Crippen molar-refractivity contribution in [1.82, 2.24) is 15.2 Å². The number of aromatic nitrogens is 3. The van der Waals surface area contributed by atoms with Crippen molar-refractivity contribution in [3.63, 3.8) is 0 Å². The fourth-order valence-corrected chi connectivity index (χ4v) is 1.17. The third-order valence-electron chi connectivity index (χ3n) is 1.41. The zero-order chi connectivity index (χ0) is 7.84. The Morgan fingerprint density at radius 3 is 3.18 bits per heavy atom. The lowest BCUT2D eigenvalue weighted by Crippen LogP contribution is -1.89. The van der Waals surface area contributed by atoms with E-state index in [0.717, 1.165) is 11.0 Å². The molecule has 0 unspecified atom stereocenters. The molecule has 0 radical (unpaired) electrons. The van der Waals surface area contributed by atoms with Crippen molar-refractivity contribution in [3.8, 4) is 0 Å². The first-order valence-electron chi connectivity index (χ1n) is 3.02. The van der Waals surface area contributed by atoms with E-state index in [2.05, 4.69) is 31.1 Å². The van der Waals surface area contributed by atoms with Gasteiger partial charge < -0.3 is 5.73 Å². The molecular weight excluding hydrogens is 208 g/mol. The minimum Gasteiger partial charge on any atom is -0.397 e. The van der Waals surface area contributed by atoms with Gasteiger partial charge in [0.25, 0.3) is 0 Å². The molecule has 0 bridgehead atoms. The van der Waals surface area contributed by atoms with Gasteiger partial charge in [-0.1, -0.05) is 0 Å². The van der Waals surface area contributed by atoms with E-state index in [-0.39, 0.29) is 0 Å². The molecule has 2 aromatic rings. The van der Waals surface area contributed by atoms with E-state index in [0.29, 0.717) is 10.3 Å². The van der Waals surface area contributed by atoms with Gasteiger partial charge in [-0.05, 0) is 22.0 Å². The van der Waals surface area contributed by atoms with Crippen molar-refractivity contribution in [2.75, 3.05) is 5.73 Å². The monoisotopic (exact) mass is 212 g/mol. The fraction of sp³-hybridized carbons (Fsp3) is 0. The number of hydrogen-bond donors (Lipinski definition) is 2. The van der Waals surface area contributed by atoms with E-state index in [1.54, 1.807) is 6.20 Å². The quantitative estimate of drug-likeness (QED) is 0.648. The standard InChI is InChI=1S/C6H5BrN4/c7-5-4(8)1-3-2-9-11-6(3)10-5/h1-2H,8H2,(H,9,10,11). The highest BCUT2D eigenvalue weighted by atomic mass is 79.9. The van der Waals surface area contributed by atoms with Gasteiger partial charge in [0, 0.05) is 5.39 Å². The lowest BCUT2D eigenvalue weighted by Gasteiger charge is -1.94. The lowest BCUT2D eigenvalue weighted by atomic mass is 10.3. The van der Waals surface area contributed by atoms with Crippen molar-refractivity contribution >= 4 is 32.7 Å². The minimum atomic E-state index is 0.624. The van der Waals surface area contributed by atoms with Crippen LogP contribution in [0.2, 0.25) is 0 Å². The third-order valence-corrected chi connectivity index (χ3v) is 2.04. The van der Waals surface area contributed by atoms with Crippen LogP contribution in [0.3, 0.4) is 0 Å². The normalized spacial score (nSPS) is 10.6. The molecule has 2 aromatic heterocycles. The Labute approximate surface area is 70.9 Å². The number of anilines is 1. The van der Waals surface area contributed by atoms with Crippen LogP contribution >= 0.6 is 15.9 Å². The first-order chi connectivity index (χ1) is 5.27. The van der Waals surface area contributed by atoms with Crippen molar-refractivity contribution in [2.45, 2.75) is 0 Å². The van der Waals surface area contributed by atoms with E-state index in [1.165, 1.54) is 0 Å². The number of nitrogens with zero attached hydrogens (tertiary/aromatic N) is 2. The number of H-pyrrole nitrogens is 1. The van der Waals surface area contributed by atoms with Crippen molar-refractivity contribution in [2.24, 2.45) is 0 Å². The Hall–Kier alpha value is -1.10. The summed E-state index contributed by atoms with van der Waals surface area (Å²) >= 11 is 3.22. The summed E-state index contributed by atoms with van der Waals surface area (Å²) in [5.74, 6) is 0. The fourth-order valence-electron chi connectivity index (χ4n) is 0.874. The lowest BCUT2D eigenvalue weighted by molar-refractivity contribution is 1.09. The molecule has 0 aromatic carbocycles. The van der Waals surface area contributed by atoms with Gasteiger partial charge in [-0.15, -0.1) is 0 Å². The van der Waals surface area contributed by atoms with Crippen LogP contribution in [0.25, 0.3) is 11.0 Å². The zero-order valence-corrected chi connectivity index (χ0v) is 7.09. The van der Waals surface area contributed by atoms with Crippen LogP contribution in [-0.2, 0) is 0 Å². The molecule has 0 fully saturated rings. The van der Waals surface area contributed by atoms with Crippen molar-refractivity contribution in [3.05, 3.63) is 16.9 Å². The summed E-state index contributed by atoms with van der Waals surface area (Å²) in [5, 5.41) is 7.48. The Morgan fingerprint density at radius 1 is 1.55 bits per heavy atom. The zero-order valence-electron chi connectivity index (χ0n) is 5.50. The molecule has 5 heteroatoms. The molecule has 4 nitrogen and oxygen atoms in total. The number of aromatic amines is 1. The number of hydrogen-bond acceptors (Lipinski definition) is 3. The first kappa shape index (κ1) is 6.60. The number of fused-ring (bicyclic) bond motifs is 1. The van der Waals surface area contributed by atoms with Gasteiger partial charge >= 0.3 is 0 Å². The second-order valence-corrected chi connectivity index (χ2v) is 2.93. The molecule has 0 saturated heterocycles. The molecule has 0 saturated carbocycles. The van der Waals surface area contributed by atoms with Gasteiger partial charge in [-0.3, -0.25) is 5.10 Å². The van der Waals surface area contributed by atoms with Gasteiger partial charge in [0.15, 0.2) is 5.65 Å². The van der Waals surface area contributed by atoms with Crippen LogP contribution in [0.5, 0.6) is 0 Å². The predicted molar refractivity (Wildman–Crippen MR) is 46.0 cm³/mol. The summed E-state index contributed by atoms with van der Waals surface area (Å²) in [7, 11) is 0. The Kier molecular flexibility index (Phi) is 1.32. The Morgan fingerprint density at radius 2 is 2.36 bits per heavy atom. The number of halogens is 1. The van der Waals surface area contributed by atoms with Gasteiger partial charge in [0.2, 0.25) is 0 Å². The van der Waals surface area contributed by atoms with Crippen molar-refractivity contribution in [1.29, 1.82) is 0 Å². The average Bonchev–Trinajstić information content (AvgIpc) is 2.36. The van der Waals surface area contributed by atoms with Gasteiger partial charge in [0.1, 0.15) is 4.60 Å². The maximum Gasteiger partial charge on any atom is 0.156 e. The molecule has 0 aliphatic carbocycles. The topological polar surface area (TPSA) is 67.6 Å². The van der Waals surface area contributed by atoms with Crippen LogP contribution in [-0.4, -0.2) is 15.2 Å². The number of rotatable bonds is 0. The molecule has 2 rings (SSSR count). The Bertz CT molecular complexity index is 358. The predicted octanol–water partition coefficient (Wildman–Crippen LogP) is 1.30. The highest BCUT2D eigenvalue weighted by Gasteiger charge is 2.01. The molecule has 56 valence electrons. The Balaban J connectivity index is 2.86. The van der Waals surface area contributed by atoms with E-state index in [4.69, 9.17) is 5.73 Å². The van der Waals surface area contributed by atoms with E-state index >= 15 is 0 Å². The minimum absolute atomic E-state index is 0.624. The summed E-state index contributed by atoms with van der Waals surface area (Å²) in [5.41, 5.74) is 6.96. The number of nitrogens with one attached hydrogen (secondary N) is 1. The van der Waals surface area contributed by atoms with Gasteiger partial charge in [0.05, 0.1) is 11.9 Å². The largest absolute Gasteiger partial charge is 0.397 e. The van der Waals surface area contributed by atoms with Crippen LogP contribution in [0.15, 0.2) is 16.9 Å². The van der Waals surface area contributed by atoms with Crippen LogP contribution in [0, 0.1) is 0 Å². The molecule has 0 atom stereocenters. The average molecular weight is 213 g/mol. The first-order valence-corrected chi connectivity index (χ1v) is 3.82. The highest BCUT2D eigenvalue weighted by molar-refractivity contribution is 9.10. The smallest absolute Gasteiger partial charge is 0.156 e. The second kappa shape index (κ2) is 2.20. The molecular formula is C6H5BrN4. The molecule has 11 heavy (non-hydrogen) atoms. The second-order valence-electron chi connectivity index (χ2n) is 2.18. The maximum absolute atomic E-state index is 5.59. The van der Waals surface area contributed by atoms with Crippen molar-refractivity contribution < 1.29 is 0 Å². The highest BCUT2D eigenvalue weighted by Crippen LogP contribution is 2.20. The summed E-state index contributed by atoms with van der Waals surface area (Å²) in [6, 6.07) is 1.82. The van der Waals surface area contributed by atoms with E-state index in [9.17, 15) is 0 Å². The van der Waals surface area contributed by atoms with Gasteiger partial charge in [-0.25, -0.2) is 4.98 Å². The van der Waals surface area contributed by atoms with Gasteiger partial charge in [-0.2, -0.15) is 5.10 Å². The van der Waals surface area contributed by atoms with E-state index < -0.39 is 0 Å². The SMILES string of the molecule is Nc1cc2cn[nH]c2nc1Br. The molecule has 0 spiro atoms. The van der Waals surface area contributed by atoms with E-state index in [1.807, 2.05) is 6.07 Å². The molecule has 0 aliphatic rings. The molecule has 0 amide bonds. The molecule has 3 N–H and O–H groups in total. The number of nitrogen functional groups attached to an aromatic ring is 1. The summed E-state index contributed by atoms with van der Waals surface area (Å²) in [4.78, 5) is 4.11. The third kappa shape index (κ3) is 0.970. The molecule has 0 aliphatic heterocycles. The maximum atomic E-state index is 5.59. The summed E-state index contributed by atoms with van der Waals surface area (Å²) in [6.45, 7) is 0. The molecule has 2 heterocycles. The number of nitrogens with two attached hydrogens (primary N) is 1. The van der Waals surface area contributed by atoms with Crippen LogP contribution < -0.4 is 5.73 Å². The van der Waals surface area contributed by atoms with Crippen LogP contribution in [0.1, 0.15) is 0 Å². The van der Waals surface area contributed by atoms with Crippen LogP contribution in [0.4, 0.5) is 5.69 Å². The summed E-state index contributed by atoms with van der Waals surface area (Å²) < 4.78 is 0.647. The summed E-state index contributed by atoms with van der Waals surface area (Å²) in [6.07, 6.45) is 1.69.